The molecule has 2 aliphatic rings. The summed E-state index contributed by atoms with van der Waals surface area (Å²) in [5.41, 5.74) is 3.66. The van der Waals surface area contributed by atoms with Gasteiger partial charge < -0.3 is 9.80 Å². The Balaban J connectivity index is 1.90. The summed E-state index contributed by atoms with van der Waals surface area (Å²) in [6.07, 6.45) is 6.39. The van der Waals surface area contributed by atoms with Gasteiger partial charge in [-0.25, -0.2) is 9.97 Å². The van der Waals surface area contributed by atoms with Gasteiger partial charge in [-0.1, -0.05) is 0 Å². The lowest BCUT2D eigenvalue weighted by Crippen LogP contribution is -2.30. The summed E-state index contributed by atoms with van der Waals surface area (Å²) in [5, 5.41) is 1.21. The molecular weight excluding hydrogens is 284 g/mol. The molecule has 1 saturated carbocycles. The van der Waals surface area contributed by atoms with Crippen molar-refractivity contribution in [3.8, 4) is 0 Å². The first-order chi connectivity index (χ1) is 11.1. The van der Waals surface area contributed by atoms with E-state index in [0.29, 0.717) is 5.92 Å². The Kier molecular flexibility index (Phi) is 3.63. The Morgan fingerprint density at radius 3 is 2.43 bits per heavy atom. The van der Waals surface area contributed by atoms with Gasteiger partial charge in [-0.3, -0.25) is 0 Å². The Hall–Kier alpha value is -1.84. The smallest absolute Gasteiger partial charge is 0.140 e. The van der Waals surface area contributed by atoms with Crippen LogP contribution in [0.2, 0.25) is 0 Å². The molecule has 0 N–H and O–H groups in total. The van der Waals surface area contributed by atoms with Crippen LogP contribution < -0.4 is 9.80 Å². The molecule has 1 aliphatic carbocycles. The van der Waals surface area contributed by atoms with E-state index in [-0.39, 0.29) is 0 Å². The van der Waals surface area contributed by atoms with Gasteiger partial charge in [-0.2, -0.15) is 0 Å². The number of anilines is 2. The molecule has 1 aromatic heterocycles. The maximum absolute atomic E-state index is 5.01. The molecule has 122 valence electrons. The lowest BCUT2D eigenvalue weighted by molar-refractivity contribution is 0.573. The zero-order chi connectivity index (χ0) is 16.0. The summed E-state index contributed by atoms with van der Waals surface area (Å²) < 4.78 is 0. The summed E-state index contributed by atoms with van der Waals surface area (Å²) in [7, 11) is 4.21. The molecular formula is C19H26N4. The molecule has 2 aromatic rings. The summed E-state index contributed by atoms with van der Waals surface area (Å²) in [6, 6.07) is 4.52. The lowest BCUT2D eigenvalue weighted by Gasteiger charge is -2.29. The van der Waals surface area contributed by atoms with Gasteiger partial charge in [0.1, 0.15) is 11.6 Å². The normalized spacial score (nSPS) is 18.5. The molecule has 1 saturated heterocycles. The third-order valence-electron chi connectivity index (χ3n) is 5.09. The van der Waals surface area contributed by atoms with Crippen LogP contribution in [0.25, 0.3) is 10.9 Å². The van der Waals surface area contributed by atoms with Crippen molar-refractivity contribution in [3.63, 3.8) is 0 Å². The van der Waals surface area contributed by atoms with E-state index in [1.54, 1.807) is 0 Å². The van der Waals surface area contributed by atoms with Crippen LogP contribution in [0.3, 0.4) is 0 Å². The summed E-state index contributed by atoms with van der Waals surface area (Å²) in [4.78, 5) is 14.6. The highest BCUT2D eigenvalue weighted by Crippen LogP contribution is 2.41. The second-order valence-corrected chi connectivity index (χ2v) is 7.28. The molecule has 0 unspecified atom stereocenters. The van der Waals surface area contributed by atoms with Gasteiger partial charge in [-0.15, -0.1) is 0 Å². The van der Waals surface area contributed by atoms with E-state index in [1.165, 1.54) is 54.6 Å². The monoisotopic (exact) mass is 310 g/mol. The number of hydrogen-bond acceptors (Lipinski definition) is 4. The van der Waals surface area contributed by atoms with Crippen molar-refractivity contribution >= 4 is 22.4 Å². The third kappa shape index (κ3) is 2.75. The molecule has 4 nitrogen and oxygen atoms in total. The van der Waals surface area contributed by atoms with Gasteiger partial charge in [-0.05, 0) is 56.7 Å². The zero-order valence-corrected chi connectivity index (χ0v) is 14.5. The predicted octanol–water partition coefficient (Wildman–Crippen LogP) is 3.87. The van der Waals surface area contributed by atoms with E-state index in [1.807, 2.05) is 0 Å². The van der Waals surface area contributed by atoms with Crippen LogP contribution in [-0.4, -0.2) is 37.2 Å². The fourth-order valence-electron chi connectivity index (χ4n) is 3.62. The second-order valence-electron chi connectivity index (χ2n) is 7.28. The van der Waals surface area contributed by atoms with Crippen LogP contribution in [0.5, 0.6) is 0 Å². The van der Waals surface area contributed by atoms with E-state index in [9.17, 15) is 0 Å². The minimum absolute atomic E-state index is 0.594. The van der Waals surface area contributed by atoms with E-state index in [4.69, 9.17) is 9.97 Å². The van der Waals surface area contributed by atoms with E-state index >= 15 is 0 Å². The number of nitrogens with zero attached hydrogens (tertiary/aromatic N) is 4. The SMILES string of the molecule is Cc1cc2nc(C3CC3)nc(N3CCCCC3)c2cc1N(C)C. The Morgan fingerprint density at radius 2 is 1.78 bits per heavy atom. The molecule has 0 spiro atoms. The quantitative estimate of drug-likeness (QED) is 0.861. The van der Waals surface area contributed by atoms with E-state index < -0.39 is 0 Å². The fourth-order valence-corrected chi connectivity index (χ4v) is 3.62. The van der Waals surface area contributed by atoms with Crippen molar-refractivity contribution in [1.82, 2.24) is 9.97 Å². The van der Waals surface area contributed by atoms with Gasteiger partial charge in [0.2, 0.25) is 0 Å². The van der Waals surface area contributed by atoms with Crippen LogP contribution in [0.1, 0.15) is 49.4 Å². The highest BCUT2D eigenvalue weighted by Gasteiger charge is 2.29. The van der Waals surface area contributed by atoms with Crippen LogP contribution in [0.4, 0.5) is 11.5 Å². The van der Waals surface area contributed by atoms with Gasteiger partial charge in [0.25, 0.3) is 0 Å². The number of fused-ring (bicyclic) bond motifs is 1. The number of hydrogen-bond donors (Lipinski definition) is 0. The van der Waals surface area contributed by atoms with Crippen molar-refractivity contribution in [2.75, 3.05) is 37.0 Å². The molecule has 0 radical (unpaired) electrons. The van der Waals surface area contributed by atoms with Crippen molar-refractivity contribution in [2.45, 2.75) is 44.9 Å². The molecule has 4 rings (SSSR count). The number of aryl methyl sites for hydroxylation is 1. The Bertz CT molecular complexity index is 728. The first kappa shape index (κ1) is 14.7. The molecule has 0 atom stereocenters. The number of benzene rings is 1. The first-order valence-electron chi connectivity index (χ1n) is 8.88. The van der Waals surface area contributed by atoms with E-state index in [2.05, 4.69) is 43.0 Å². The minimum Gasteiger partial charge on any atom is -0.377 e. The number of piperidine rings is 1. The van der Waals surface area contributed by atoms with Gasteiger partial charge in [0.15, 0.2) is 0 Å². The highest BCUT2D eigenvalue weighted by molar-refractivity contribution is 5.93. The van der Waals surface area contributed by atoms with Crippen LogP contribution in [0.15, 0.2) is 12.1 Å². The third-order valence-corrected chi connectivity index (χ3v) is 5.09. The molecule has 2 heterocycles. The highest BCUT2D eigenvalue weighted by atomic mass is 15.2. The van der Waals surface area contributed by atoms with Crippen molar-refractivity contribution < 1.29 is 0 Å². The number of aromatic nitrogens is 2. The first-order valence-corrected chi connectivity index (χ1v) is 8.88. The summed E-state index contributed by atoms with van der Waals surface area (Å²) in [5.74, 6) is 2.83. The summed E-state index contributed by atoms with van der Waals surface area (Å²) >= 11 is 0. The van der Waals surface area contributed by atoms with Crippen molar-refractivity contribution in [1.29, 1.82) is 0 Å². The molecule has 1 aliphatic heterocycles. The molecule has 4 heteroatoms. The lowest BCUT2D eigenvalue weighted by atomic mass is 10.1. The topological polar surface area (TPSA) is 32.3 Å². The second kappa shape index (κ2) is 5.66. The number of rotatable bonds is 3. The molecule has 23 heavy (non-hydrogen) atoms. The average Bonchev–Trinajstić information content (AvgIpc) is 3.38. The molecule has 0 amide bonds. The van der Waals surface area contributed by atoms with Crippen LogP contribution in [0, 0.1) is 6.92 Å². The minimum atomic E-state index is 0.594. The molecule has 0 bridgehead atoms. The fraction of sp³-hybridized carbons (Fsp3) is 0.579. The van der Waals surface area contributed by atoms with E-state index in [0.717, 1.165) is 24.4 Å². The zero-order valence-electron chi connectivity index (χ0n) is 14.5. The van der Waals surface area contributed by atoms with Crippen LogP contribution >= 0.6 is 0 Å². The Morgan fingerprint density at radius 1 is 1.04 bits per heavy atom. The maximum Gasteiger partial charge on any atom is 0.140 e. The largest absolute Gasteiger partial charge is 0.377 e. The Labute approximate surface area is 138 Å². The van der Waals surface area contributed by atoms with Gasteiger partial charge >= 0.3 is 0 Å². The predicted molar refractivity (Wildman–Crippen MR) is 96.6 cm³/mol. The molecule has 1 aromatic carbocycles. The van der Waals surface area contributed by atoms with Gasteiger partial charge in [0.05, 0.1) is 5.52 Å². The maximum atomic E-state index is 5.01. The average molecular weight is 310 g/mol. The van der Waals surface area contributed by atoms with Gasteiger partial charge in [0, 0.05) is 44.2 Å². The van der Waals surface area contributed by atoms with Crippen molar-refractivity contribution in [3.05, 3.63) is 23.5 Å². The van der Waals surface area contributed by atoms with Crippen molar-refractivity contribution in [2.24, 2.45) is 0 Å². The molecule has 2 fully saturated rings. The standard InChI is InChI=1S/C19H26N4/c1-13-11-16-15(12-17(13)22(2)3)19(23-9-5-4-6-10-23)21-18(20-16)14-7-8-14/h11-12,14H,4-10H2,1-3H3. The van der Waals surface area contributed by atoms with Crippen LogP contribution in [-0.2, 0) is 0 Å². The summed E-state index contributed by atoms with van der Waals surface area (Å²) in [6.45, 7) is 4.43.